The molecule has 3 heteroatoms. The largest absolute Gasteiger partial charge is 0.386 e. The summed E-state index contributed by atoms with van der Waals surface area (Å²) < 4.78 is 5.30. The molecule has 1 fully saturated rings. The van der Waals surface area contributed by atoms with Gasteiger partial charge in [-0.2, -0.15) is 0 Å². The molecule has 1 aliphatic heterocycles. The lowest BCUT2D eigenvalue weighted by molar-refractivity contribution is -0.0203. The van der Waals surface area contributed by atoms with E-state index in [0.29, 0.717) is 25.8 Å². The second kappa shape index (κ2) is 3.09. The summed E-state index contributed by atoms with van der Waals surface area (Å²) in [6.45, 7) is 5.76. The topological polar surface area (TPSA) is 32.7 Å². The summed E-state index contributed by atoms with van der Waals surface area (Å²) in [5.74, 6) is 0. The molecule has 0 radical (unpaired) electrons. The van der Waals surface area contributed by atoms with Gasteiger partial charge in [-0.25, -0.2) is 0 Å². The molecule has 0 aromatic heterocycles. The zero-order valence-corrected chi connectivity index (χ0v) is 7.50. The Kier molecular flexibility index (Phi) is 2.52. The summed E-state index contributed by atoms with van der Waals surface area (Å²) in [6, 6.07) is 0.406. The van der Waals surface area contributed by atoms with Crippen molar-refractivity contribution in [3.8, 4) is 0 Å². The van der Waals surface area contributed by atoms with Crippen LogP contribution in [0.25, 0.3) is 0 Å². The molecule has 66 valence electrons. The normalized spacial score (nSPS) is 42.0. The van der Waals surface area contributed by atoms with Crippen LogP contribution < -0.4 is 0 Å². The molecular weight excluding hydrogens is 142 g/mol. The van der Waals surface area contributed by atoms with Gasteiger partial charge in [-0.1, -0.05) is 0 Å². The van der Waals surface area contributed by atoms with Gasteiger partial charge in [0.1, 0.15) is 0 Å². The Labute approximate surface area is 68.0 Å². The van der Waals surface area contributed by atoms with Gasteiger partial charge in [-0.05, 0) is 20.9 Å². The van der Waals surface area contributed by atoms with Crippen molar-refractivity contribution >= 4 is 0 Å². The Morgan fingerprint density at radius 3 is 2.91 bits per heavy atom. The first kappa shape index (κ1) is 8.97. The fraction of sp³-hybridized carbons (Fsp3) is 1.00. The fourth-order valence-electron chi connectivity index (χ4n) is 1.32. The van der Waals surface area contributed by atoms with Gasteiger partial charge in [-0.15, -0.1) is 0 Å². The fourth-order valence-corrected chi connectivity index (χ4v) is 1.32. The molecule has 0 aliphatic carbocycles. The van der Waals surface area contributed by atoms with E-state index in [1.165, 1.54) is 0 Å². The van der Waals surface area contributed by atoms with Gasteiger partial charge in [0.2, 0.25) is 0 Å². The maximum Gasteiger partial charge on any atom is 0.0978 e. The summed E-state index contributed by atoms with van der Waals surface area (Å²) >= 11 is 0. The molecule has 0 aromatic rings. The van der Waals surface area contributed by atoms with E-state index in [4.69, 9.17) is 4.74 Å². The van der Waals surface area contributed by atoms with Gasteiger partial charge in [0.15, 0.2) is 0 Å². The van der Waals surface area contributed by atoms with Crippen molar-refractivity contribution in [1.29, 1.82) is 0 Å². The molecule has 1 heterocycles. The zero-order valence-electron chi connectivity index (χ0n) is 7.50. The Bertz CT molecular complexity index is 136. The number of nitrogens with zero attached hydrogens (tertiary/aromatic N) is 1. The third kappa shape index (κ3) is 2.43. The molecule has 1 rings (SSSR count). The SMILES string of the molecule is CC1COCC(C)(O)CN1C. The van der Waals surface area contributed by atoms with Crippen LogP contribution >= 0.6 is 0 Å². The predicted molar refractivity (Wildman–Crippen MR) is 43.5 cm³/mol. The number of hydrogen-bond donors (Lipinski definition) is 1. The number of β-amino-alcohol motifs (C(OH)–C–C–N with tert-alkyl or cyclic N) is 1. The summed E-state index contributed by atoms with van der Waals surface area (Å²) in [4.78, 5) is 2.12. The molecule has 0 bridgehead atoms. The minimum Gasteiger partial charge on any atom is -0.386 e. The Balaban J connectivity index is 2.55. The van der Waals surface area contributed by atoms with Crippen LogP contribution in [0, 0.1) is 0 Å². The van der Waals surface area contributed by atoms with Gasteiger partial charge in [-0.3, -0.25) is 4.90 Å². The van der Waals surface area contributed by atoms with Crippen LogP contribution in [0.5, 0.6) is 0 Å². The molecule has 2 atom stereocenters. The Morgan fingerprint density at radius 1 is 1.64 bits per heavy atom. The maximum absolute atomic E-state index is 9.68. The average Bonchev–Trinajstić information content (AvgIpc) is 1.93. The van der Waals surface area contributed by atoms with Crippen molar-refractivity contribution in [2.45, 2.75) is 25.5 Å². The molecule has 11 heavy (non-hydrogen) atoms. The molecule has 0 spiro atoms. The molecule has 1 aliphatic rings. The van der Waals surface area contributed by atoms with Crippen LogP contribution in [-0.2, 0) is 4.74 Å². The van der Waals surface area contributed by atoms with Gasteiger partial charge in [0, 0.05) is 12.6 Å². The number of likely N-dealkylation sites (N-methyl/N-ethyl adjacent to an activating group) is 1. The Hall–Kier alpha value is -0.120. The van der Waals surface area contributed by atoms with E-state index in [0.717, 1.165) is 0 Å². The number of aliphatic hydroxyl groups is 1. The monoisotopic (exact) mass is 159 g/mol. The van der Waals surface area contributed by atoms with E-state index >= 15 is 0 Å². The summed E-state index contributed by atoms with van der Waals surface area (Å²) in [6.07, 6.45) is 0. The highest BCUT2D eigenvalue weighted by Gasteiger charge is 2.28. The lowest BCUT2D eigenvalue weighted by Gasteiger charge is -2.26. The van der Waals surface area contributed by atoms with E-state index in [1.54, 1.807) is 0 Å². The second-order valence-corrected chi connectivity index (χ2v) is 3.78. The van der Waals surface area contributed by atoms with Crippen molar-refractivity contribution in [2.75, 3.05) is 26.8 Å². The number of rotatable bonds is 0. The maximum atomic E-state index is 9.68. The smallest absolute Gasteiger partial charge is 0.0978 e. The molecule has 1 N–H and O–H groups in total. The molecule has 1 saturated heterocycles. The van der Waals surface area contributed by atoms with Gasteiger partial charge in [0.05, 0.1) is 18.8 Å². The number of hydrogen-bond acceptors (Lipinski definition) is 3. The molecule has 0 saturated carbocycles. The van der Waals surface area contributed by atoms with Crippen LogP contribution in [0.3, 0.4) is 0 Å². The highest BCUT2D eigenvalue weighted by molar-refractivity contribution is 4.81. The van der Waals surface area contributed by atoms with Crippen molar-refractivity contribution in [2.24, 2.45) is 0 Å². The van der Waals surface area contributed by atoms with Crippen molar-refractivity contribution in [1.82, 2.24) is 4.90 Å². The van der Waals surface area contributed by atoms with Gasteiger partial charge >= 0.3 is 0 Å². The predicted octanol–water partition coefficient (Wildman–Crippen LogP) is 0.0879. The molecule has 0 aromatic carbocycles. The Morgan fingerprint density at radius 2 is 2.27 bits per heavy atom. The van der Waals surface area contributed by atoms with E-state index in [1.807, 2.05) is 14.0 Å². The summed E-state index contributed by atoms with van der Waals surface area (Å²) in [7, 11) is 2.01. The van der Waals surface area contributed by atoms with Crippen molar-refractivity contribution < 1.29 is 9.84 Å². The molecule has 3 nitrogen and oxygen atoms in total. The third-order valence-corrected chi connectivity index (χ3v) is 2.11. The zero-order chi connectivity index (χ0) is 8.48. The standard InChI is InChI=1S/C8H17NO2/c1-7-4-11-6-8(2,10)5-9(7)3/h7,10H,4-6H2,1-3H3. The summed E-state index contributed by atoms with van der Waals surface area (Å²) in [5, 5.41) is 9.68. The molecule has 0 amide bonds. The molecule has 2 unspecified atom stereocenters. The van der Waals surface area contributed by atoms with E-state index < -0.39 is 5.60 Å². The van der Waals surface area contributed by atoms with Gasteiger partial charge < -0.3 is 9.84 Å². The number of ether oxygens (including phenoxy) is 1. The first-order valence-corrected chi connectivity index (χ1v) is 4.02. The van der Waals surface area contributed by atoms with Crippen LogP contribution in [-0.4, -0.2) is 48.5 Å². The van der Waals surface area contributed by atoms with Gasteiger partial charge in [0.25, 0.3) is 0 Å². The first-order chi connectivity index (χ1) is 5.01. The molecular formula is C8H17NO2. The second-order valence-electron chi connectivity index (χ2n) is 3.78. The van der Waals surface area contributed by atoms with Crippen LogP contribution in [0.2, 0.25) is 0 Å². The van der Waals surface area contributed by atoms with Crippen molar-refractivity contribution in [3.05, 3.63) is 0 Å². The summed E-state index contributed by atoms with van der Waals surface area (Å²) in [5.41, 5.74) is -0.681. The highest BCUT2D eigenvalue weighted by atomic mass is 16.5. The highest BCUT2D eigenvalue weighted by Crippen LogP contribution is 2.12. The quantitative estimate of drug-likeness (QED) is 0.543. The van der Waals surface area contributed by atoms with Crippen LogP contribution in [0.4, 0.5) is 0 Å². The van der Waals surface area contributed by atoms with Crippen LogP contribution in [0.15, 0.2) is 0 Å². The van der Waals surface area contributed by atoms with Crippen LogP contribution in [0.1, 0.15) is 13.8 Å². The third-order valence-electron chi connectivity index (χ3n) is 2.11. The van der Waals surface area contributed by atoms with E-state index in [-0.39, 0.29) is 0 Å². The minimum absolute atomic E-state index is 0.406. The minimum atomic E-state index is -0.681. The first-order valence-electron chi connectivity index (χ1n) is 4.02. The van der Waals surface area contributed by atoms with Crippen molar-refractivity contribution in [3.63, 3.8) is 0 Å². The van der Waals surface area contributed by atoms with E-state index in [9.17, 15) is 5.11 Å². The average molecular weight is 159 g/mol. The van der Waals surface area contributed by atoms with E-state index in [2.05, 4.69) is 11.8 Å². The lowest BCUT2D eigenvalue weighted by Crippen LogP contribution is -2.42. The lowest BCUT2D eigenvalue weighted by atomic mass is 10.1.